The van der Waals surface area contributed by atoms with Gasteiger partial charge < -0.3 is 16.0 Å². The van der Waals surface area contributed by atoms with Crippen molar-refractivity contribution in [2.45, 2.75) is 18.9 Å². The van der Waals surface area contributed by atoms with Crippen molar-refractivity contribution in [3.8, 4) is 0 Å². The third-order valence-corrected chi connectivity index (χ3v) is 2.95. The molecule has 1 heterocycles. The number of hydrogen-bond donors (Lipinski definition) is 2. The van der Waals surface area contributed by atoms with E-state index in [1.807, 2.05) is 24.3 Å². The Morgan fingerprint density at radius 1 is 1.56 bits per heavy atom. The first-order chi connectivity index (χ1) is 7.68. The Morgan fingerprint density at radius 3 is 3.00 bits per heavy atom. The molecule has 0 bridgehead atoms. The minimum atomic E-state index is -0.0357. The van der Waals surface area contributed by atoms with Crippen molar-refractivity contribution in [1.29, 1.82) is 0 Å². The first kappa shape index (κ1) is 11.0. The Balaban J connectivity index is 2.11. The van der Waals surface area contributed by atoms with Gasteiger partial charge in [-0.3, -0.25) is 4.79 Å². The topological polar surface area (TPSA) is 58.4 Å². The van der Waals surface area contributed by atoms with Gasteiger partial charge in [0.2, 0.25) is 5.91 Å². The van der Waals surface area contributed by atoms with Crippen LogP contribution >= 0.6 is 0 Å². The zero-order valence-electron chi connectivity index (χ0n) is 9.44. The second-order valence-electron chi connectivity index (χ2n) is 4.14. The number of amides is 1. The van der Waals surface area contributed by atoms with Crippen LogP contribution in [0.3, 0.4) is 0 Å². The van der Waals surface area contributed by atoms with Crippen LogP contribution < -0.4 is 16.0 Å². The van der Waals surface area contributed by atoms with E-state index in [1.54, 1.807) is 11.9 Å². The molecule has 86 valence electrons. The summed E-state index contributed by atoms with van der Waals surface area (Å²) < 4.78 is 0. The van der Waals surface area contributed by atoms with Gasteiger partial charge in [-0.15, -0.1) is 0 Å². The summed E-state index contributed by atoms with van der Waals surface area (Å²) in [5, 5.41) is 3.20. The Bertz CT molecular complexity index is 386. The van der Waals surface area contributed by atoms with Gasteiger partial charge in [0.1, 0.15) is 0 Å². The zero-order chi connectivity index (χ0) is 11.5. The third kappa shape index (κ3) is 2.17. The summed E-state index contributed by atoms with van der Waals surface area (Å²) in [5.41, 5.74) is 7.22. The molecule has 0 aromatic heterocycles. The van der Waals surface area contributed by atoms with Gasteiger partial charge >= 0.3 is 0 Å². The molecule has 1 aromatic carbocycles. The molecule has 1 aliphatic rings. The van der Waals surface area contributed by atoms with Crippen molar-refractivity contribution in [2.24, 2.45) is 0 Å². The molecule has 1 aromatic rings. The normalized spacial score (nSPS) is 19.7. The molecule has 1 atom stereocenters. The number of hydrogen-bond acceptors (Lipinski definition) is 3. The smallest absolute Gasteiger partial charge is 0.243 e. The molecule has 4 heteroatoms. The quantitative estimate of drug-likeness (QED) is 0.729. The van der Waals surface area contributed by atoms with Gasteiger partial charge in [0.05, 0.1) is 6.04 Å². The lowest BCUT2D eigenvalue weighted by Crippen LogP contribution is -2.41. The van der Waals surface area contributed by atoms with E-state index in [2.05, 4.69) is 5.32 Å². The van der Waals surface area contributed by atoms with E-state index in [0.29, 0.717) is 5.69 Å². The van der Waals surface area contributed by atoms with Gasteiger partial charge in [-0.1, -0.05) is 6.07 Å². The second-order valence-corrected chi connectivity index (χ2v) is 4.14. The van der Waals surface area contributed by atoms with Crippen molar-refractivity contribution in [3.05, 3.63) is 24.3 Å². The fraction of sp³-hybridized carbons (Fsp3) is 0.417. The lowest BCUT2D eigenvalue weighted by atomic mass is 10.2. The minimum absolute atomic E-state index is 0.0357. The summed E-state index contributed by atoms with van der Waals surface area (Å²) in [4.78, 5) is 13.7. The highest BCUT2D eigenvalue weighted by atomic mass is 16.2. The van der Waals surface area contributed by atoms with Crippen LogP contribution in [-0.2, 0) is 4.79 Å². The van der Waals surface area contributed by atoms with E-state index >= 15 is 0 Å². The number of anilines is 2. The molecule has 1 saturated heterocycles. The van der Waals surface area contributed by atoms with Crippen LogP contribution in [0.25, 0.3) is 0 Å². The fourth-order valence-electron chi connectivity index (χ4n) is 1.99. The van der Waals surface area contributed by atoms with Crippen LogP contribution in [0.1, 0.15) is 12.8 Å². The lowest BCUT2D eigenvalue weighted by molar-refractivity contribution is -0.119. The highest BCUT2D eigenvalue weighted by molar-refractivity contribution is 5.97. The van der Waals surface area contributed by atoms with E-state index in [-0.39, 0.29) is 11.9 Å². The molecular formula is C12H17N3O. The molecule has 0 saturated carbocycles. The van der Waals surface area contributed by atoms with Crippen molar-refractivity contribution in [1.82, 2.24) is 5.32 Å². The van der Waals surface area contributed by atoms with Crippen LogP contribution in [-0.4, -0.2) is 25.5 Å². The van der Waals surface area contributed by atoms with Crippen molar-refractivity contribution < 1.29 is 4.79 Å². The van der Waals surface area contributed by atoms with E-state index in [0.717, 1.165) is 25.1 Å². The summed E-state index contributed by atoms with van der Waals surface area (Å²) in [6.45, 7) is 0.932. The Hall–Kier alpha value is -1.55. The monoisotopic (exact) mass is 219 g/mol. The van der Waals surface area contributed by atoms with Crippen molar-refractivity contribution in [3.63, 3.8) is 0 Å². The summed E-state index contributed by atoms with van der Waals surface area (Å²) in [5.74, 6) is 0.114. The van der Waals surface area contributed by atoms with Crippen LogP contribution in [0, 0.1) is 0 Å². The number of carbonyl (C=O) groups excluding carboxylic acids is 1. The van der Waals surface area contributed by atoms with E-state index < -0.39 is 0 Å². The van der Waals surface area contributed by atoms with E-state index in [4.69, 9.17) is 5.73 Å². The van der Waals surface area contributed by atoms with E-state index in [9.17, 15) is 4.79 Å². The maximum Gasteiger partial charge on any atom is 0.243 e. The molecule has 3 N–H and O–H groups in total. The first-order valence-corrected chi connectivity index (χ1v) is 5.55. The van der Waals surface area contributed by atoms with Gasteiger partial charge in [0.15, 0.2) is 0 Å². The molecule has 16 heavy (non-hydrogen) atoms. The molecule has 1 amide bonds. The van der Waals surface area contributed by atoms with Crippen molar-refractivity contribution in [2.75, 3.05) is 24.2 Å². The standard InChI is InChI=1S/C12H17N3O/c1-15(10-5-2-4-9(13)8-10)12(16)11-6-3-7-14-11/h2,4-5,8,11,14H,3,6-7,13H2,1H3. The molecular weight excluding hydrogens is 202 g/mol. The van der Waals surface area contributed by atoms with Gasteiger partial charge in [0, 0.05) is 18.4 Å². The van der Waals surface area contributed by atoms with Crippen molar-refractivity contribution >= 4 is 17.3 Å². The highest BCUT2D eigenvalue weighted by Crippen LogP contribution is 2.18. The molecule has 1 fully saturated rings. The van der Waals surface area contributed by atoms with Crippen LogP contribution in [0.4, 0.5) is 11.4 Å². The average Bonchev–Trinajstić information content (AvgIpc) is 2.80. The minimum Gasteiger partial charge on any atom is -0.399 e. The molecule has 4 nitrogen and oxygen atoms in total. The highest BCUT2D eigenvalue weighted by Gasteiger charge is 2.25. The Morgan fingerprint density at radius 2 is 2.38 bits per heavy atom. The number of nitrogens with one attached hydrogen (secondary N) is 1. The number of benzene rings is 1. The SMILES string of the molecule is CN(C(=O)C1CCCN1)c1cccc(N)c1. The number of likely N-dealkylation sites (N-methyl/N-ethyl adjacent to an activating group) is 1. The summed E-state index contributed by atoms with van der Waals surface area (Å²) in [6, 6.07) is 7.34. The predicted octanol–water partition coefficient (Wildman–Crippen LogP) is 0.984. The first-order valence-electron chi connectivity index (χ1n) is 5.55. The number of nitrogen functional groups attached to an aromatic ring is 1. The van der Waals surface area contributed by atoms with Gasteiger partial charge in [-0.05, 0) is 37.6 Å². The van der Waals surface area contributed by atoms with Crippen LogP contribution in [0.15, 0.2) is 24.3 Å². The average molecular weight is 219 g/mol. The summed E-state index contributed by atoms with van der Waals surface area (Å²) >= 11 is 0. The summed E-state index contributed by atoms with van der Waals surface area (Å²) in [7, 11) is 1.79. The number of nitrogens with two attached hydrogens (primary N) is 1. The second kappa shape index (κ2) is 4.53. The molecule has 0 aliphatic carbocycles. The largest absolute Gasteiger partial charge is 0.399 e. The maximum atomic E-state index is 12.1. The third-order valence-electron chi connectivity index (χ3n) is 2.95. The molecule has 0 spiro atoms. The predicted molar refractivity (Wildman–Crippen MR) is 65.3 cm³/mol. The number of rotatable bonds is 2. The van der Waals surface area contributed by atoms with Gasteiger partial charge in [-0.2, -0.15) is 0 Å². The number of carbonyl (C=O) groups is 1. The zero-order valence-corrected chi connectivity index (χ0v) is 9.44. The van der Waals surface area contributed by atoms with Gasteiger partial charge in [0.25, 0.3) is 0 Å². The Labute approximate surface area is 95.4 Å². The van der Waals surface area contributed by atoms with Crippen LogP contribution in [0.2, 0.25) is 0 Å². The molecule has 0 radical (unpaired) electrons. The van der Waals surface area contributed by atoms with Gasteiger partial charge in [-0.25, -0.2) is 0 Å². The lowest BCUT2D eigenvalue weighted by Gasteiger charge is -2.21. The summed E-state index contributed by atoms with van der Waals surface area (Å²) in [6.07, 6.45) is 1.99. The molecule has 1 unspecified atom stereocenters. The number of nitrogens with zero attached hydrogens (tertiary/aromatic N) is 1. The molecule has 2 rings (SSSR count). The maximum absolute atomic E-state index is 12.1. The molecule has 1 aliphatic heterocycles. The van der Waals surface area contributed by atoms with E-state index in [1.165, 1.54) is 0 Å². The Kier molecular flexibility index (Phi) is 3.10. The van der Waals surface area contributed by atoms with Crippen LogP contribution in [0.5, 0.6) is 0 Å². The fourth-order valence-corrected chi connectivity index (χ4v) is 1.99.